The van der Waals surface area contributed by atoms with Crippen molar-refractivity contribution in [2.75, 3.05) is 7.05 Å². The highest BCUT2D eigenvalue weighted by molar-refractivity contribution is 5.83. The molecule has 0 spiro atoms. The van der Waals surface area contributed by atoms with Crippen LogP contribution in [0.4, 0.5) is 0 Å². The molecule has 0 radical (unpaired) electrons. The first kappa shape index (κ1) is 7.72. The first-order valence-corrected chi connectivity index (χ1v) is 3.85. The molecule has 0 amide bonds. The molecule has 0 fully saturated rings. The summed E-state index contributed by atoms with van der Waals surface area (Å²) >= 11 is 0. The highest BCUT2D eigenvalue weighted by Crippen LogP contribution is 1.92. The van der Waals surface area contributed by atoms with Crippen LogP contribution in [0.1, 0.15) is 0 Å². The first-order valence-electron chi connectivity index (χ1n) is 3.85. The van der Waals surface area contributed by atoms with Crippen molar-refractivity contribution < 1.29 is 0 Å². The van der Waals surface area contributed by atoms with Crippen molar-refractivity contribution in [1.29, 1.82) is 0 Å². The van der Waals surface area contributed by atoms with Gasteiger partial charge in [0.2, 0.25) is 5.96 Å². The van der Waals surface area contributed by atoms with E-state index < -0.39 is 0 Å². The van der Waals surface area contributed by atoms with E-state index in [1.807, 2.05) is 21.5 Å². The van der Waals surface area contributed by atoms with Crippen LogP contribution in [0.2, 0.25) is 0 Å². The smallest absolute Gasteiger partial charge is 0.215 e. The molecule has 2 rings (SSSR count). The van der Waals surface area contributed by atoms with Crippen molar-refractivity contribution in [2.45, 2.75) is 0 Å². The van der Waals surface area contributed by atoms with Gasteiger partial charge in [0, 0.05) is 31.8 Å². The molecule has 0 saturated heterocycles. The number of imidazole rings is 2. The molecule has 0 bridgehead atoms. The topological polar surface area (TPSA) is 48.0 Å². The predicted molar refractivity (Wildman–Crippen MR) is 48.6 cm³/mol. The Labute approximate surface area is 75.4 Å². The van der Waals surface area contributed by atoms with E-state index in [9.17, 15) is 0 Å². The van der Waals surface area contributed by atoms with Crippen LogP contribution in [0, 0.1) is 0 Å². The molecule has 5 heteroatoms. The zero-order valence-corrected chi connectivity index (χ0v) is 7.20. The Morgan fingerprint density at radius 3 is 1.92 bits per heavy atom. The molecule has 2 heterocycles. The van der Waals surface area contributed by atoms with Gasteiger partial charge >= 0.3 is 0 Å². The van der Waals surface area contributed by atoms with Crippen LogP contribution < -0.4 is 0 Å². The summed E-state index contributed by atoms with van der Waals surface area (Å²) in [4.78, 5) is 12.0. The van der Waals surface area contributed by atoms with Gasteiger partial charge in [0.25, 0.3) is 0 Å². The van der Waals surface area contributed by atoms with E-state index in [0.29, 0.717) is 0 Å². The first-order chi connectivity index (χ1) is 6.42. The number of nitrogens with zero attached hydrogens (tertiary/aromatic N) is 5. The molecule has 13 heavy (non-hydrogen) atoms. The van der Waals surface area contributed by atoms with Gasteiger partial charge in [-0.3, -0.25) is 14.1 Å². The third-order valence-electron chi connectivity index (χ3n) is 1.67. The highest BCUT2D eigenvalue weighted by Gasteiger charge is 2.01. The maximum Gasteiger partial charge on any atom is 0.215 e. The van der Waals surface area contributed by atoms with Crippen molar-refractivity contribution in [3.05, 3.63) is 37.4 Å². The fourth-order valence-electron chi connectivity index (χ4n) is 1.12. The largest absolute Gasteiger partial charge is 0.276 e. The third kappa shape index (κ3) is 1.35. The number of hydrogen-bond donors (Lipinski definition) is 0. The van der Waals surface area contributed by atoms with Gasteiger partial charge in [-0.15, -0.1) is 0 Å². The predicted octanol–water partition coefficient (Wildman–Crippen LogP) is 0.462. The average Bonchev–Trinajstić information content (AvgIpc) is 2.76. The molecule has 5 nitrogen and oxygen atoms in total. The van der Waals surface area contributed by atoms with Crippen LogP contribution in [0.15, 0.2) is 42.4 Å². The minimum Gasteiger partial charge on any atom is -0.276 e. The summed E-state index contributed by atoms with van der Waals surface area (Å²) in [6, 6.07) is 0. The van der Waals surface area contributed by atoms with Gasteiger partial charge < -0.3 is 0 Å². The Hall–Kier alpha value is -1.91. The molecular formula is C8H9N5. The number of aromatic nitrogens is 4. The summed E-state index contributed by atoms with van der Waals surface area (Å²) in [7, 11) is 1.73. The van der Waals surface area contributed by atoms with Crippen LogP contribution in [0.5, 0.6) is 0 Å². The van der Waals surface area contributed by atoms with Gasteiger partial charge in [0.15, 0.2) is 0 Å². The van der Waals surface area contributed by atoms with E-state index in [0.717, 1.165) is 5.96 Å². The quantitative estimate of drug-likeness (QED) is 0.431. The van der Waals surface area contributed by atoms with E-state index >= 15 is 0 Å². The van der Waals surface area contributed by atoms with Crippen LogP contribution in [-0.2, 0) is 0 Å². The van der Waals surface area contributed by atoms with Crippen LogP contribution >= 0.6 is 0 Å². The standard InChI is InChI=1S/C8H9N5/c1-9-8(12-4-2-10-6-12)13-5-3-11-7-13/h2-7H,1H3. The SMILES string of the molecule is CN=C(n1ccnc1)n1ccnc1. The minimum absolute atomic E-state index is 0.773. The molecule has 2 aromatic heterocycles. The summed E-state index contributed by atoms with van der Waals surface area (Å²) in [5, 5.41) is 0. The zero-order valence-electron chi connectivity index (χ0n) is 7.20. The Morgan fingerprint density at radius 2 is 1.62 bits per heavy atom. The molecule has 0 atom stereocenters. The Bertz CT molecular complexity index is 348. The van der Waals surface area contributed by atoms with E-state index in [2.05, 4.69) is 15.0 Å². The van der Waals surface area contributed by atoms with Crippen molar-refractivity contribution in [3.8, 4) is 0 Å². The fourth-order valence-corrected chi connectivity index (χ4v) is 1.12. The van der Waals surface area contributed by atoms with Crippen LogP contribution in [-0.4, -0.2) is 32.1 Å². The van der Waals surface area contributed by atoms with Crippen molar-refractivity contribution in [1.82, 2.24) is 19.1 Å². The van der Waals surface area contributed by atoms with Gasteiger partial charge in [-0.25, -0.2) is 9.97 Å². The molecule has 0 aliphatic rings. The second-order valence-corrected chi connectivity index (χ2v) is 2.46. The monoisotopic (exact) mass is 175 g/mol. The summed E-state index contributed by atoms with van der Waals surface area (Å²) in [6.07, 6.45) is 10.5. The second kappa shape index (κ2) is 3.22. The van der Waals surface area contributed by atoms with E-state index in [-0.39, 0.29) is 0 Å². The maximum atomic E-state index is 4.14. The molecule has 0 saturated carbocycles. The van der Waals surface area contributed by atoms with Crippen LogP contribution in [0.25, 0.3) is 0 Å². The number of rotatable bonds is 0. The lowest BCUT2D eigenvalue weighted by atomic mass is 10.7. The molecule has 2 aromatic rings. The van der Waals surface area contributed by atoms with Gasteiger partial charge in [-0.05, 0) is 0 Å². The summed E-state index contributed by atoms with van der Waals surface area (Å²) in [5.41, 5.74) is 0. The van der Waals surface area contributed by atoms with Crippen molar-refractivity contribution >= 4 is 5.96 Å². The number of aliphatic imine (C=N–C) groups is 1. The molecule has 0 N–H and O–H groups in total. The van der Waals surface area contributed by atoms with Crippen LogP contribution in [0.3, 0.4) is 0 Å². The van der Waals surface area contributed by atoms with E-state index in [1.54, 1.807) is 32.1 Å². The molecular weight excluding hydrogens is 166 g/mol. The second-order valence-electron chi connectivity index (χ2n) is 2.46. The highest BCUT2D eigenvalue weighted by atomic mass is 15.3. The lowest BCUT2D eigenvalue weighted by Crippen LogP contribution is -2.18. The molecule has 0 aliphatic heterocycles. The van der Waals surface area contributed by atoms with Gasteiger partial charge in [0.1, 0.15) is 12.7 Å². The summed E-state index contributed by atoms with van der Waals surface area (Å²) in [5.74, 6) is 0.773. The molecule has 0 unspecified atom stereocenters. The third-order valence-corrected chi connectivity index (χ3v) is 1.67. The van der Waals surface area contributed by atoms with Crippen molar-refractivity contribution in [2.24, 2.45) is 4.99 Å². The summed E-state index contributed by atoms with van der Waals surface area (Å²) < 4.78 is 3.64. The molecule has 0 aliphatic carbocycles. The Kier molecular flexibility index (Phi) is 1.91. The lowest BCUT2D eigenvalue weighted by molar-refractivity contribution is 0.979. The van der Waals surface area contributed by atoms with Gasteiger partial charge in [-0.1, -0.05) is 0 Å². The van der Waals surface area contributed by atoms with Gasteiger partial charge in [0.05, 0.1) is 0 Å². The lowest BCUT2D eigenvalue weighted by Gasteiger charge is -2.05. The normalized spacial score (nSPS) is 9.92. The maximum absolute atomic E-state index is 4.14. The van der Waals surface area contributed by atoms with E-state index in [1.165, 1.54) is 0 Å². The van der Waals surface area contributed by atoms with E-state index in [4.69, 9.17) is 0 Å². The minimum atomic E-state index is 0.773. The average molecular weight is 175 g/mol. The Morgan fingerprint density at radius 1 is 1.08 bits per heavy atom. The van der Waals surface area contributed by atoms with Crippen molar-refractivity contribution in [3.63, 3.8) is 0 Å². The number of hydrogen-bond acceptors (Lipinski definition) is 3. The zero-order chi connectivity index (χ0) is 9.10. The summed E-state index contributed by atoms with van der Waals surface area (Å²) in [6.45, 7) is 0. The molecule has 0 aromatic carbocycles. The van der Waals surface area contributed by atoms with Gasteiger partial charge in [-0.2, -0.15) is 0 Å². The molecule has 66 valence electrons. The fraction of sp³-hybridized carbons (Fsp3) is 0.125. The Balaban J connectivity index is 2.42.